The number of aromatic nitrogens is 5. The maximum absolute atomic E-state index is 13.5. The Labute approximate surface area is 190 Å². The van der Waals surface area contributed by atoms with Crippen LogP contribution in [0.5, 0.6) is 5.75 Å². The fourth-order valence-corrected chi connectivity index (χ4v) is 4.04. The third-order valence-corrected chi connectivity index (χ3v) is 5.71. The van der Waals surface area contributed by atoms with Gasteiger partial charge in [0.15, 0.2) is 11.3 Å². The summed E-state index contributed by atoms with van der Waals surface area (Å²) in [5, 5.41) is 0.496. The second kappa shape index (κ2) is 8.99. The fourth-order valence-electron chi connectivity index (χ4n) is 4.04. The van der Waals surface area contributed by atoms with Crippen LogP contribution in [0.1, 0.15) is 18.9 Å². The van der Waals surface area contributed by atoms with Crippen LogP contribution in [-0.4, -0.2) is 44.4 Å². The van der Waals surface area contributed by atoms with E-state index in [1.165, 1.54) is 0 Å². The minimum atomic E-state index is -0.112. The minimum absolute atomic E-state index is 0.112. The van der Waals surface area contributed by atoms with Gasteiger partial charge in [-0.05, 0) is 43.2 Å². The highest BCUT2D eigenvalue weighted by Gasteiger charge is 2.20. The minimum Gasteiger partial charge on any atom is -0.497 e. The average molecular weight is 444 g/mol. The summed E-state index contributed by atoms with van der Waals surface area (Å²) in [5.41, 5.74) is 4.28. The van der Waals surface area contributed by atoms with Gasteiger partial charge < -0.3 is 14.0 Å². The molecule has 0 saturated carbocycles. The Balaban J connectivity index is 1.68. The van der Waals surface area contributed by atoms with Gasteiger partial charge in [-0.25, -0.2) is 15.0 Å². The molecule has 0 fully saturated rings. The van der Waals surface area contributed by atoms with Crippen LogP contribution in [-0.2, 0) is 17.8 Å². The molecule has 0 saturated heterocycles. The lowest BCUT2D eigenvalue weighted by molar-refractivity contribution is 0.141. The highest BCUT2D eigenvalue weighted by atomic mass is 16.5. The van der Waals surface area contributed by atoms with Crippen molar-refractivity contribution in [1.29, 1.82) is 0 Å². The number of nitrogens with zero attached hydrogens (tertiary/aromatic N) is 5. The predicted molar refractivity (Wildman–Crippen MR) is 128 cm³/mol. The van der Waals surface area contributed by atoms with Crippen LogP contribution in [0.3, 0.4) is 0 Å². The molecule has 8 heteroatoms. The quantitative estimate of drug-likeness (QED) is 0.340. The third-order valence-electron chi connectivity index (χ3n) is 5.71. The Morgan fingerprint density at radius 1 is 0.970 bits per heavy atom. The normalized spacial score (nSPS) is 11.6. The van der Waals surface area contributed by atoms with Gasteiger partial charge in [-0.15, -0.1) is 0 Å². The molecule has 3 heterocycles. The second-order valence-electron chi connectivity index (χ2n) is 7.81. The first-order valence-electron chi connectivity index (χ1n) is 11.0. The van der Waals surface area contributed by atoms with Crippen LogP contribution in [0.15, 0.2) is 59.7 Å². The van der Waals surface area contributed by atoms with Crippen LogP contribution < -0.4 is 10.3 Å². The topological polar surface area (TPSA) is 84.1 Å². The Kier molecular flexibility index (Phi) is 5.75. The number of hydrogen-bond acceptors (Lipinski definition) is 6. The van der Waals surface area contributed by atoms with Gasteiger partial charge in [-0.1, -0.05) is 24.3 Å². The van der Waals surface area contributed by atoms with Gasteiger partial charge in [0.25, 0.3) is 5.56 Å². The lowest BCUT2D eigenvalue weighted by Gasteiger charge is -2.08. The molecule has 0 atom stereocenters. The molecule has 0 aliphatic rings. The van der Waals surface area contributed by atoms with Crippen LogP contribution >= 0.6 is 0 Å². The number of hydrogen-bond donors (Lipinski definition) is 0. The molecular weight excluding hydrogens is 418 g/mol. The molecule has 5 rings (SSSR count). The molecule has 0 N–H and O–H groups in total. The van der Waals surface area contributed by atoms with Crippen molar-refractivity contribution in [1.82, 2.24) is 24.1 Å². The lowest BCUT2D eigenvalue weighted by atomic mass is 10.2. The molecule has 0 aliphatic heterocycles. The van der Waals surface area contributed by atoms with E-state index >= 15 is 0 Å². The smallest absolute Gasteiger partial charge is 0.265 e. The van der Waals surface area contributed by atoms with Gasteiger partial charge >= 0.3 is 0 Å². The summed E-state index contributed by atoms with van der Waals surface area (Å²) < 4.78 is 14.3. The summed E-state index contributed by atoms with van der Waals surface area (Å²) in [4.78, 5) is 27.9. The van der Waals surface area contributed by atoms with E-state index in [2.05, 4.69) is 4.98 Å². The summed E-state index contributed by atoms with van der Waals surface area (Å²) in [7, 11) is 1.64. The number of benzene rings is 2. The van der Waals surface area contributed by atoms with Crippen molar-refractivity contribution >= 4 is 33.2 Å². The zero-order valence-corrected chi connectivity index (χ0v) is 18.7. The third kappa shape index (κ3) is 3.93. The van der Waals surface area contributed by atoms with Crippen molar-refractivity contribution < 1.29 is 9.47 Å². The van der Waals surface area contributed by atoms with Crippen molar-refractivity contribution in [3.8, 4) is 5.75 Å². The summed E-state index contributed by atoms with van der Waals surface area (Å²) >= 11 is 0. The largest absolute Gasteiger partial charge is 0.497 e. The Morgan fingerprint density at radius 2 is 1.73 bits per heavy atom. The molecule has 33 heavy (non-hydrogen) atoms. The molecule has 0 aliphatic carbocycles. The van der Waals surface area contributed by atoms with Crippen LogP contribution in [0, 0.1) is 0 Å². The van der Waals surface area contributed by atoms with E-state index in [-0.39, 0.29) is 5.56 Å². The van der Waals surface area contributed by atoms with Gasteiger partial charge in [0.05, 0.1) is 31.0 Å². The second-order valence-corrected chi connectivity index (χ2v) is 7.81. The van der Waals surface area contributed by atoms with E-state index in [1.54, 1.807) is 18.0 Å². The zero-order chi connectivity index (χ0) is 22.8. The van der Waals surface area contributed by atoms with Gasteiger partial charge in [0, 0.05) is 19.8 Å². The Hall–Kier alpha value is -3.78. The molecule has 0 bridgehead atoms. The van der Waals surface area contributed by atoms with Gasteiger partial charge in [-0.2, -0.15) is 0 Å². The van der Waals surface area contributed by atoms with Crippen molar-refractivity contribution in [2.24, 2.45) is 0 Å². The number of para-hydroxylation sites is 2. The molecular formula is C25H25N5O3. The Bertz CT molecular complexity index is 1490. The van der Waals surface area contributed by atoms with E-state index in [0.717, 1.165) is 28.8 Å². The highest BCUT2D eigenvalue weighted by molar-refractivity contribution is 6.04. The zero-order valence-electron chi connectivity index (χ0n) is 18.7. The molecule has 8 nitrogen and oxygen atoms in total. The molecule has 5 aromatic rings. The first-order chi connectivity index (χ1) is 16.2. The van der Waals surface area contributed by atoms with Gasteiger partial charge in [0.2, 0.25) is 0 Å². The van der Waals surface area contributed by atoms with Crippen LogP contribution in [0.25, 0.3) is 33.2 Å². The van der Waals surface area contributed by atoms with Crippen molar-refractivity contribution in [2.45, 2.75) is 26.4 Å². The van der Waals surface area contributed by atoms with E-state index in [9.17, 15) is 4.79 Å². The Morgan fingerprint density at radius 3 is 2.45 bits per heavy atom. The first-order valence-corrected chi connectivity index (χ1v) is 11.0. The summed E-state index contributed by atoms with van der Waals surface area (Å²) in [6.45, 7) is 4.27. The molecule has 0 unspecified atom stereocenters. The molecule has 0 spiro atoms. The number of ether oxygens (including phenoxy) is 2. The predicted octanol–water partition coefficient (Wildman–Crippen LogP) is 3.78. The molecule has 0 amide bonds. The average Bonchev–Trinajstić information content (AvgIpc) is 3.15. The summed E-state index contributed by atoms with van der Waals surface area (Å²) in [6, 6.07) is 15.5. The number of fused-ring (bicyclic) bond motifs is 4. The molecule has 0 radical (unpaired) electrons. The van der Waals surface area contributed by atoms with Crippen molar-refractivity contribution in [3.05, 3.63) is 70.8 Å². The summed E-state index contributed by atoms with van der Waals surface area (Å²) in [5.74, 6) is 0.792. The SMILES string of the molecule is CCOCCCn1cnc2c(c1=O)c1nc3ccccc3nc1n2Cc1ccc(OC)cc1. The highest BCUT2D eigenvalue weighted by Crippen LogP contribution is 2.26. The number of rotatable bonds is 8. The maximum Gasteiger partial charge on any atom is 0.265 e. The fraction of sp³-hybridized carbons (Fsp3) is 0.280. The number of aryl methyl sites for hydroxylation is 1. The lowest BCUT2D eigenvalue weighted by Crippen LogP contribution is -2.21. The van der Waals surface area contributed by atoms with E-state index < -0.39 is 0 Å². The van der Waals surface area contributed by atoms with Crippen LogP contribution in [0.2, 0.25) is 0 Å². The van der Waals surface area contributed by atoms with Gasteiger partial charge in [-0.3, -0.25) is 9.36 Å². The van der Waals surface area contributed by atoms with E-state index in [4.69, 9.17) is 19.4 Å². The standard InChI is InChI=1S/C25H25N5O3/c1-3-33-14-6-13-29-16-26-23-21(25(29)31)22-24(28-20-8-5-4-7-19(20)27-22)30(23)15-17-9-11-18(32-2)12-10-17/h4-5,7-12,16H,3,6,13-15H2,1-2H3. The molecule has 2 aromatic carbocycles. The van der Waals surface area contributed by atoms with Gasteiger partial charge in [0.1, 0.15) is 16.7 Å². The molecule has 168 valence electrons. The van der Waals surface area contributed by atoms with Crippen molar-refractivity contribution in [3.63, 3.8) is 0 Å². The monoisotopic (exact) mass is 443 g/mol. The first kappa shape index (κ1) is 21.1. The summed E-state index contributed by atoms with van der Waals surface area (Å²) in [6.07, 6.45) is 2.35. The molecule has 3 aromatic heterocycles. The van der Waals surface area contributed by atoms with E-state index in [1.807, 2.05) is 60.0 Å². The van der Waals surface area contributed by atoms with Crippen molar-refractivity contribution in [2.75, 3.05) is 20.3 Å². The number of methoxy groups -OCH3 is 1. The maximum atomic E-state index is 13.5. The van der Waals surface area contributed by atoms with Crippen LogP contribution in [0.4, 0.5) is 0 Å². The van der Waals surface area contributed by atoms with E-state index in [0.29, 0.717) is 48.5 Å².